The van der Waals surface area contributed by atoms with E-state index in [0.717, 1.165) is 5.39 Å². The highest BCUT2D eigenvalue weighted by Crippen LogP contribution is 2.28. The second kappa shape index (κ2) is 10.4. The van der Waals surface area contributed by atoms with E-state index in [9.17, 15) is 29.6 Å². The molecule has 0 aliphatic heterocycles. The van der Waals surface area contributed by atoms with Gasteiger partial charge in [0.15, 0.2) is 0 Å². The van der Waals surface area contributed by atoms with Crippen LogP contribution in [0.2, 0.25) is 0 Å². The number of aliphatic carboxylic acids is 1. The van der Waals surface area contributed by atoms with Crippen LogP contribution in [0.5, 0.6) is 0 Å². The summed E-state index contributed by atoms with van der Waals surface area (Å²) < 4.78 is 4.98. The first-order valence-corrected chi connectivity index (χ1v) is 10.2. The van der Waals surface area contributed by atoms with Crippen LogP contribution in [0.15, 0.2) is 66.7 Å². The number of esters is 1. The van der Waals surface area contributed by atoms with Crippen molar-refractivity contribution >= 4 is 34.3 Å². The molecule has 1 amide bonds. The topological polar surface area (TPSA) is 136 Å². The fraction of sp³-hybridized carbons (Fsp3) is 0.208. The molecule has 0 unspecified atom stereocenters. The molecule has 3 rings (SSSR count). The summed E-state index contributed by atoms with van der Waals surface area (Å²) in [5, 5.41) is 24.9. The van der Waals surface area contributed by atoms with Gasteiger partial charge in [0.2, 0.25) is 0 Å². The second-order valence-corrected chi connectivity index (χ2v) is 7.28. The smallest absolute Gasteiger partial charge is 0.326 e. The Bertz CT molecular complexity index is 1190. The highest BCUT2D eigenvalue weighted by molar-refractivity contribution is 6.08. The third-order valence-corrected chi connectivity index (χ3v) is 5.21. The van der Waals surface area contributed by atoms with Gasteiger partial charge in [0.05, 0.1) is 18.0 Å². The number of rotatable bonds is 9. The SMILES string of the molecule is CCOC(=O)C[C@H](c1ccc([N+](=O)[O-])cc1)[C@@H](NC(=O)c1cccc2ccccc12)C(=O)O. The molecule has 0 aliphatic carbocycles. The van der Waals surface area contributed by atoms with Gasteiger partial charge in [-0.05, 0) is 29.3 Å². The molecule has 2 N–H and O–H groups in total. The summed E-state index contributed by atoms with van der Waals surface area (Å²) in [7, 11) is 0. The van der Waals surface area contributed by atoms with Crippen molar-refractivity contribution in [3.8, 4) is 0 Å². The Kier molecular flexibility index (Phi) is 7.34. The lowest BCUT2D eigenvalue weighted by Crippen LogP contribution is -2.45. The van der Waals surface area contributed by atoms with Crippen molar-refractivity contribution in [2.75, 3.05) is 6.61 Å². The zero-order chi connectivity index (χ0) is 24.0. The van der Waals surface area contributed by atoms with Gasteiger partial charge in [-0.2, -0.15) is 0 Å². The molecular weight excluding hydrogens is 428 g/mol. The normalized spacial score (nSPS) is 12.5. The van der Waals surface area contributed by atoms with Crippen LogP contribution >= 0.6 is 0 Å². The zero-order valence-electron chi connectivity index (χ0n) is 17.8. The monoisotopic (exact) mass is 450 g/mol. The lowest BCUT2D eigenvalue weighted by Gasteiger charge is -2.25. The standard InChI is InChI=1S/C24H22N2O7/c1-2-33-21(27)14-20(16-10-12-17(13-11-16)26(31)32)22(24(29)30)25-23(28)19-9-5-7-15-6-3-4-8-18(15)19/h3-13,20,22H,2,14H2,1H3,(H,25,28)(H,29,30)/t20-,22-/m1/s1. The van der Waals surface area contributed by atoms with Gasteiger partial charge < -0.3 is 15.2 Å². The van der Waals surface area contributed by atoms with Crippen LogP contribution in [0.4, 0.5) is 5.69 Å². The number of carboxylic acids is 1. The van der Waals surface area contributed by atoms with Crippen LogP contribution in [0.1, 0.15) is 35.2 Å². The van der Waals surface area contributed by atoms with E-state index in [-0.39, 0.29) is 24.3 Å². The van der Waals surface area contributed by atoms with Crippen molar-refractivity contribution in [3.05, 3.63) is 88.0 Å². The number of amides is 1. The number of carbonyl (C=O) groups excluding carboxylic acids is 2. The fourth-order valence-electron chi connectivity index (χ4n) is 3.65. The predicted molar refractivity (Wildman–Crippen MR) is 120 cm³/mol. The lowest BCUT2D eigenvalue weighted by atomic mass is 9.88. The molecule has 0 aromatic heterocycles. The summed E-state index contributed by atoms with van der Waals surface area (Å²) >= 11 is 0. The number of hydrogen-bond donors (Lipinski definition) is 2. The third kappa shape index (κ3) is 5.51. The Balaban J connectivity index is 1.97. The number of fused-ring (bicyclic) bond motifs is 1. The number of carbonyl (C=O) groups is 3. The van der Waals surface area contributed by atoms with Crippen LogP contribution < -0.4 is 5.32 Å². The summed E-state index contributed by atoms with van der Waals surface area (Å²) in [6, 6.07) is 16.0. The number of nitro benzene ring substituents is 1. The predicted octanol–water partition coefficient (Wildman–Crippen LogP) is 3.67. The molecule has 0 saturated carbocycles. The molecule has 0 fully saturated rings. The van der Waals surface area contributed by atoms with Gasteiger partial charge in [-0.3, -0.25) is 19.7 Å². The molecule has 3 aromatic rings. The minimum Gasteiger partial charge on any atom is -0.480 e. The van der Waals surface area contributed by atoms with Gasteiger partial charge in [0.25, 0.3) is 11.6 Å². The van der Waals surface area contributed by atoms with Crippen LogP contribution in [0, 0.1) is 10.1 Å². The van der Waals surface area contributed by atoms with Crippen molar-refractivity contribution in [1.29, 1.82) is 0 Å². The van der Waals surface area contributed by atoms with Crippen LogP contribution in [-0.2, 0) is 14.3 Å². The Morgan fingerprint density at radius 1 is 1.03 bits per heavy atom. The maximum Gasteiger partial charge on any atom is 0.326 e. The number of nitrogens with one attached hydrogen (secondary N) is 1. The van der Waals surface area contributed by atoms with Gasteiger partial charge in [0, 0.05) is 23.6 Å². The van der Waals surface area contributed by atoms with Crippen LogP contribution in [-0.4, -0.2) is 40.5 Å². The number of carboxylic acid groups (broad SMARTS) is 1. The molecule has 0 saturated heterocycles. The third-order valence-electron chi connectivity index (χ3n) is 5.21. The van der Waals surface area contributed by atoms with Crippen LogP contribution in [0.25, 0.3) is 10.8 Å². The fourth-order valence-corrected chi connectivity index (χ4v) is 3.65. The zero-order valence-corrected chi connectivity index (χ0v) is 17.8. The number of benzene rings is 3. The van der Waals surface area contributed by atoms with Gasteiger partial charge in [-0.15, -0.1) is 0 Å². The van der Waals surface area contributed by atoms with Gasteiger partial charge in [-0.1, -0.05) is 48.5 Å². The van der Waals surface area contributed by atoms with Gasteiger partial charge >= 0.3 is 11.9 Å². The first-order valence-electron chi connectivity index (χ1n) is 10.2. The largest absolute Gasteiger partial charge is 0.480 e. The maximum absolute atomic E-state index is 13.1. The van der Waals surface area contributed by atoms with E-state index in [4.69, 9.17) is 4.74 Å². The summed E-state index contributed by atoms with van der Waals surface area (Å²) in [6.07, 6.45) is -0.335. The van der Waals surface area contributed by atoms with E-state index >= 15 is 0 Å². The second-order valence-electron chi connectivity index (χ2n) is 7.28. The number of hydrogen-bond acceptors (Lipinski definition) is 6. The van der Waals surface area contributed by atoms with E-state index in [1.807, 2.05) is 18.2 Å². The summed E-state index contributed by atoms with van der Waals surface area (Å²) in [5.41, 5.74) is 0.456. The minimum atomic E-state index is -1.48. The highest BCUT2D eigenvalue weighted by Gasteiger charge is 2.34. The Labute approximate surface area is 189 Å². The van der Waals surface area contributed by atoms with Gasteiger partial charge in [-0.25, -0.2) is 4.79 Å². The molecule has 0 bridgehead atoms. The number of nitrogens with zero attached hydrogens (tertiary/aromatic N) is 1. The molecule has 0 heterocycles. The highest BCUT2D eigenvalue weighted by atomic mass is 16.6. The Hall–Kier alpha value is -4.27. The maximum atomic E-state index is 13.1. The van der Waals surface area contributed by atoms with E-state index in [1.165, 1.54) is 24.3 Å². The molecule has 3 aromatic carbocycles. The lowest BCUT2D eigenvalue weighted by molar-refractivity contribution is -0.384. The van der Waals surface area contributed by atoms with Crippen LogP contribution in [0.3, 0.4) is 0 Å². The van der Waals surface area contributed by atoms with Gasteiger partial charge in [0.1, 0.15) is 6.04 Å². The first kappa shape index (κ1) is 23.4. The Morgan fingerprint density at radius 2 is 1.70 bits per heavy atom. The number of non-ortho nitro benzene ring substituents is 1. The number of ether oxygens (including phenoxy) is 1. The molecule has 2 atom stereocenters. The summed E-state index contributed by atoms with van der Waals surface area (Å²) in [5.74, 6) is -3.63. The molecule has 9 heteroatoms. The average Bonchev–Trinajstić information content (AvgIpc) is 2.80. The molecule has 0 aliphatic rings. The molecular formula is C24H22N2O7. The van der Waals surface area contributed by atoms with Crippen molar-refractivity contribution in [2.24, 2.45) is 0 Å². The quantitative estimate of drug-likeness (QED) is 0.288. The minimum absolute atomic E-state index is 0.103. The summed E-state index contributed by atoms with van der Waals surface area (Å²) in [4.78, 5) is 47.9. The summed E-state index contributed by atoms with van der Waals surface area (Å²) in [6.45, 7) is 1.72. The van der Waals surface area contributed by atoms with Crippen molar-refractivity contribution in [2.45, 2.75) is 25.3 Å². The van der Waals surface area contributed by atoms with Crippen molar-refractivity contribution < 1.29 is 29.2 Å². The van der Waals surface area contributed by atoms with Crippen molar-refractivity contribution in [1.82, 2.24) is 5.32 Å². The molecule has 0 spiro atoms. The first-order chi connectivity index (χ1) is 15.8. The van der Waals surface area contributed by atoms with E-state index in [1.54, 1.807) is 31.2 Å². The molecule has 170 valence electrons. The van der Waals surface area contributed by atoms with E-state index in [2.05, 4.69) is 5.32 Å². The van der Waals surface area contributed by atoms with Crippen molar-refractivity contribution in [3.63, 3.8) is 0 Å². The van der Waals surface area contributed by atoms with E-state index in [0.29, 0.717) is 10.9 Å². The molecule has 33 heavy (non-hydrogen) atoms. The molecule has 9 nitrogen and oxygen atoms in total. The Morgan fingerprint density at radius 3 is 2.33 bits per heavy atom. The molecule has 0 radical (unpaired) electrons. The van der Waals surface area contributed by atoms with E-state index < -0.39 is 34.7 Å². The average molecular weight is 450 g/mol. The number of nitro groups is 1.